The van der Waals surface area contributed by atoms with Gasteiger partial charge in [-0.3, -0.25) is 4.31 Å². The Morgan fingerprint density at radius 2 is 1.76 bits per heavy atom. The number of hydrogen-bond donors (Lipinski definition) is 1. The molecular weight excluding hydrogens is 338 g/mol. The lowest BCUT2D eigenvalue weighted by molar-refractivity contribution is 0.589. The largest absolute Gasteiger partial charge is 0.397 e. The molecule has 0 unspecified atom stereocenters. The fourth-order valence-corrected chi connectivity index (χ4v) is 3.70. The van der Waals surface area contributed by atoms with Crippen LogP contribution in [0.1, 0.15) is 0 Å². The maximum absolute atomic E-state index is 13.7. The summed E-state index contributed by atoms with van der Waals surface area (Å²) in [5.41, 5.74) is 6.29. The summed E-state index contributed by atoms with van der Waals surface area (Å²) in [7, 11) is -2.75. The number of sulfonamides is 1. The average Bonchev–Trinajstić information content (AvgIpc) is 2.44. The highest BCUT2D eigenvalue weighted by atomic mass is 35.5. The van der Waals surface area contributed by atoms with Crippen molar-refractivity contribution in [2.45, 2.75) is 4.90 Å². The van der Waals surface area contributed by atoms with Crippen LogP contribution in [-0.4, -0.2) is 15.5 Å². The quantitative estimate of drug-likeness (QED) is 0.681. The molecule has 4 nitrogen and oxygen atoms in total. The Morgan fingerprint density at radius 3 is 2.38 bits per heavy atom. The van der Waals surface area contributed by atoms with Crippen molar-refractivity contribution < 1.29 is 12.8 Å². The first-order chi connectivity index (χ1) is 9.76. The van der Waals surface area contributed by atoms with Crippen LogP contribution in [0.5, 0.6) is 0 Å². The van der Waals surface area contributed by atoms with Crippen molar-refractivity contribution in [3.05, 3.63) is 52.3 Å². The van der Waals surface area contributed by atoms with Crippen LogP contribution in [-0.2, 0) is 10.0 Å². The van der Waals surface area contributed by atoms with Gasteiger partial charge in [0.2, 0.25) is 0 Å². The SMILES string of the molecule is CN(c1ccccc1N)S(=O)(=O)c1ccc(Cl)c(F)c1Cl. The van der Waals surface area contributed by atoms with Crippen LogP contribution in [0, 0.1) is 5.82 Å². The van der Waals surface area contributed by atoms with Crippen molar-refractivity contribution in [1.29, 1.82) is 0 Å². The summed E-state index contributed by atoms with van der Waals surface area (Å²) in [6, 6.07) is 8.70. The van der Waals surface area contributed by atoms with Gasteiger partial charge in [-0.2, -0.15) is 0 Å². The number of anilines is 2. The molecule has 0 fully saturated rings. The molecule has 112 valence electrons. The smallest absolute Gasteiger partial charge is 0.265 e. The Hall–Kier alpha value is -1.50. The Bertz CT molecular complexity index is 797. The van der Waals surface area contributed by atoms with Crippen LogP contribution in [0.25, 0.3) is 0 Å². The number of hydrogen-bond acceptors (Lipinski definition) is 3. The number of nitrogen functional groups attached to an aromatic ring is 1. The van der Waals surface area contributed by atoms with E-state index in [1.165, 1.54) is 13.1 Å². The van der Waals surface area contributed by atoms with Gasteiger partial charge in [-0.15, -0.1) is 0 Å². The van der Waals surface area contributed by atoms with Gasteiger partial charge in [-0.25, -0.2) is 12.8 Å². The topological polar surface area (TPSA) is 63.4 Å². The second-order valence-electron chi connectivity index (χ2n) is 4.20. The minimum absolute atomic E-state index is 0.249. The number of nitrogens with two attached hydrogens (primary N) is 1. The van der Waals surface area contributed by atoms with Crippen LogP contribution in [0.3, 0.4) is 0 Å². The summed E-state index contributed by atoms with van der Waals surface area (Å²) in [5, 5.41) is -0.801. The molecule has 0 bridgehead atoms. The summed E-state index contributed by atoms with van der Waals surface area (Å²) in [5.74, 6) is -0.978. The lowest BCUT2D eigenvalue weighted by Crippen LogP contribution is -2.27. The summed E-state index contributed by atoms with van der Waals surface area (Å²) < 4.78 is 39.7. The molecule has 0 amide bonds. The number of rotatable bonds is 3. The molecule has 2 N–H and O–H groups in total. The fourth-order valence-electron chi connectivity index (χ4n) is 1.76. The Kier molecular flexibility index (Phi) is 4.32. The van der Waals surface area contributed by atoms with Crippen molar-refractivity contribution in [3.8, 4) is 0 Å². The van der Waals surface area contributed by atoms with E-state index in [1.54, 1.807) is 18.2 Å². The molecule has 2 aromatic carbocycles. The van der Waals surface area contributed by atoms with E-state index in [1.807, 2.05) is 0 Å². The number of halogens is 3. The molecule has 0 aliphatic carbocycles. The van der Waals surface area contributed by atoms with E-state index >= 15 is 0 Å². The molecule has 8 heteroatoms. The zero-order chi connectivity index (χ0) is 15.8. The fraction of sp³-hybridized carbons (Fsp3) is 0.0769. The lowest BCUT2D eigenvalue weighted by atomic mass is 10.3. The van der Waals surface area contributed by atoms with Gasteiger partial charge < -0.3 is 5.73 Å². The summed E-state index contributed by atoms with van der Waals surface area (Å²) in [6.07, 6.45) is 0. The van der Waals surface area contributed by atoms with Gasteiger partial charge >= 0.3 is 0 Å². The van der Waals surface area contributed by atoms with Crippen molar-refractivity contribution in [3.63, 3.8) is 0 Å². The van der Waals surface area contributed by atoms with E-state index in [9.17, 15) is 12.8 Å². The maximum Gasteiger partial charge on any atom is 0.265 e. The second kappa shape index (κ2) is 5.71. The molecular formula is C13H11Cl2FN2O2S. The molecule has 0 saturated heterocycles. The molecule has 0 aliphatic rings. The Labute approximate surface area is 131 Å². The first-order valence-corrected chi connectivity index (χ1v) is 7.93. The Morgan fingerprint density at radius 1 is 1.14 bits per heavy atom. The zero-order valence-corrected chi connectivity index (χ0v) is 13.2. The first kappa shape index (κ1) is 15.9. The molecule has 2 aromatic rings. The van der Waals surface area contributed by atoms with E-state index in [-0.39, 0.29) is 21.3 Å². The van der Waals surface area contributed by atoms with E-state index in [0.717, 1.165) is 16.4 Å². The Balaban J connectivity index is 2.58. The number of benzene rings is 2. The van der Waals surface area contributed by atoms with Gasteiger partial charge in [0.05, 0.1) is 21.4 Å². The summed E-state index contributed by atoms with van der Waals surface area (Å²) in [6.45, 7) is 0. The van der Waals surface area contributed by atoms with E-state index < -0.39 is 20.9 Å². The minimum Gasteiger partial charge on any atom is -0.397 e. The highest BCUT2D eigenvalue weighted by Gasteiger charge is 2.27. The van der Waals surface area contributed by atoms with Crippen molar-refractivity contribution in [2.75, 3.05) is 17.1 Å². The standard InChI is InChI=1S/C13H11Cl2FN2O2S/c1-18(10-5-3-2-4-9(10)17)21(19,20)11-7-6-8(14)13(16)12(11)15/h2-7H,17H2,1H3. The van der Waals surface area contributed by atoms with Crippen LogP contribution in [0.4, 0.5) is 15.8 Å². The highest BCUT2D eigenvalue weighted by molar-refractivity contribution is 7.93. The molecule has 21 heavy (non-hydrogen) atoms. The maximum atomic E-state index is 13.7. The van der Waals surface area contributed by atoms with Crippen LogP contribution in [0.15, 0.2) is 41.3 Å². The van der Waals surface area contributed by atoms with E-state index in [2.05, 4.69) is 0 Å². The molecule has 0 heterocycles. The summed E-state index contributed by atoms with van der Waals surface area (Å²) in [4.78, 5) is -0.378. The molecule has 0 radical (unpaired) electrons. The molecule has 0 atom stereocenters. The van der Waals surface area contributed by atoms with Gasteiger partial charge in [0.15, 0.2) is 5.82 Å². The number of nitrogens with zero attached hydrogens (tertiary/aromatic N) is 1. The summed E-state index contributed by atoms with van der Waals surface area (Å²) >= 11 is 11.3. The highest BCUT2D eigenvalue weighted by Crippen LogP contribution is 2.33. The number of para-hydroxylation sites is 2. The van der Waals surface area contributed by atoms with Gasteiger partial charge in [-0.1, -0.05) is 35.3 Å². The lowest BCUT2D eigenvalue weighted by Gasteiger charge is -2.21. The molecule has 0 aliphatic heterocycles. The predicted octanol–water partition coefficient (Wildman–Crippen LogP) is 3.54. The molecule has 0 aromatic heterocycles. The van der Waals surface area contributed by atoms with Gasteiger partial charge in [0, 0.05) is 7.05 Å². The predicted molar refractivity (Wildman–Crippen MR) is 82.9 cm³/mol. The zero-order valence-electron chi connectivity index (χ0n) is 10.8. The van der Waals surface area contributed by atoms with E-state index in [0.29, 0.717) is 0 Å². The third-order valence-corrected chi connectivity index (χ3v) is 5.50. The van der Waals surface area contributed by atoms with Crippen molar-refractivity contribution in [2.24, 2.45) is 0 Å². The van der Waals surface area contributed by atoms with Gasteiger partial charge in [-0.05, 0) is 24.3 Å². The molecule has 0 saturated carbocycles. The monoisotopic (exact) mass is 348 g/mol. The third-order valence-electron chi connectivity index (χ3n) is 2.91. The third kappa shape index (κ3) is 2.79. The normalized spacial score (nSPS) is 11.4. The van der Waals surface area contributed by atoms with Crippen molar-refractivity contribution >= 4 is 44.6 Å². The van der Waals surface area contributed by atoms with Gasteiger partial charge in [0.1, 0.15) is 4.90 Å². The second-order valence-corrected chi connectivity index (χ2v) is 6.93. The van der Waals surface area contributed by atoms with Crippen LogP contribution in [0.2, 0.25) is 10.0 Å². The molecule has 2 rings (SSSR count). The minimum atomic E-state index is -4.06. The van der Waals surface area contributed by atoms with Crippen LogP contribution >= 0.6 is 23.2 Å². The van der Waals surface area contributed by atoms with Crippen molar-refractivity contribution in [1.82, 2.24) is 0 Å². The molecule has 0 spiro atoms. The average molecular weight is 349 g/mol. The first-order valence-electron chi connectivity index (χ1n) is 5.73. The van der Waals surface area contributed by atoms with Crippen LogP contribution < -0.4 is 10.0 Å². The van der Waals surface area contributed by atoms with Gasteiger partial charge in [0.25, 0.3) is 10.0 Å². The van der Waals surface area contributed by atoms with E-state index in [4.69, 9.17) is 28.9 Å².